The molecule has 0 aromatic carbocycles. The normalized spacial score (nSPS) is 23.5. The Kier molecular flexibility index (Phi) is 10.9. The van der Waals surface area contributed by atoms with Gasteiger partial charge in [0, 0.05) is 37.3 Å². The number of aromatic nitrogens is 1. The van der Waals surface area contributed by atoms with Gasteiger partial charge >= 0.3 is 5.97 Å². The number of carboxylic acid groups (broad SMARTS) is 1. The Labute approximate surface area is 194 Å². The smallest absolute Gasteiger partial charge is 0.328 e. The molecule has 1 aromatic rings. The van der Waals surface area contributed by atoms with Crippen LogP contribution in [0.5, 0.6) is 0 Å². The lowest BCUT2D eigenvalue weighted by atomic mass is 9.81. The molecule has 1 aliphatic heterocycles. The second kappa shape index (κ2) is 12.3. The number of hydrogen-bond acceptors (Lipinski definition) is 5. The zero-order valence-electron chi connectivity index (χ0n) is 16.6. The first kappa shape index (κ1) is 26.5. The highest BCUT2D eigenvalue weighted by Crippen LogP contribution is 2.31. The Balaban J connectivity index is 0.00000225. The van der Waals surface area contributed by atoms with E-state index in [-0.39, 0.29) is 42.7 Å². The van der Waals surface area contributed by atoms with Crippen molar-refractivity contribution in [2.75, 3.05) is 25.0 Å². The molecule has 1 aromatic heterocycles. The van der Waals surface area contributed by atoms with Crippen LogP contribution < -0.4 is 11.1 Å². The molecular weight excluding hydrogens is 451 g/mol. The van der Waals surface area contributed by atoms with Gasteiger partial charge in [0.15, 0.2) is 0 Å². The van der Waals surface area contributed by atoms with Crippen LogP contribution in [0.4, 0.5) is 5.82 Å². The lowest BCUT2D eigenvalue weighted by Crippen LogP contribution is -2.38. The third-order valence-corrected chi connectivity index (χ3v) is 5.94. The van der Waals surface area contributed by atoms with Crippen molar-refractivity contribution in [3.63, 3.8) is 0 Å². The lowest BCUT2D eigenvalue weighted by molar-refractivity contribution is -0.135. The van der Waals surface area contributed by atoms with Crippen LogP contribution in [0.2, 0.25) is 5.02 Å². The fourth-order valence-corrected chi connectivity index (χ4v) is 4.22. The summed E-state index contributed by atoms with van der Waals surface area (Å²) < 4.78 is 0. The molecule has 0 radical (unpaired) electrons. The summed E-state index contributed by atoms with van der Waals surface area (Å²) in [5.74, 6) is 0.484. The maximum Gasteiger partial charge on any atom is 0.328 e. The SMILES string of the molecule is Cl.Cl.NCC1CCC(C(=O)N2CC[C@@H](Nc3ncc(C=CC(=O)O)cc3Cl)C2)CC1. The average molecular weight is 480 g/mol. The number of hydrogen-bond donors (Lipinski definition) is 3. The van der Waals surface area contributed by atoms with Crippen molar-refractivity contribution >= 4 is 60.2 Å². The fraction of sp³-hybridized carbons (Fsp3) is 0.550. The van der Waals surface area contributed by atoms with E-state index in [2.05, 4.69) is 10.3 Å². The van der Waals surface area contributed by atoms with E-state index in [1.54, 1.807) is 12.3 Å². The number of likely N-dealkylation sites (tertiary alicyclic amines) is 1. The number of amides is 1. The summed E-state index contributed by atoms with van der Waals surface area (Å²) in [6.45, 7) is 2.11. The lowest BCUT2D eigenvalue weighted by Gasteiger charge is -2.30. The molecule has 0 spiro atoms. The third-order valence-electron chi connectivity index (χ3n) is 5.65. The van der Waals surface area contributed by atoms with Crippen LogP contribution in [-0.2, 0) is 9.59 Å². The zero-order chi connectivity index (χ0) is 20.1. The first-order valence-corrected chi connectivity index (χ1v) is 10.2. The van der Waals surface area contributed by atoms with Gasteiger partial charge in [-0.2, -0.15) is 0 Å². The van der Waals surface area contributed by atoms with E-state index in [0.29, 0.717) is 28.9 Å². The molecule has 2 aliphatic rings. The number of nitrogens with one attached hydrogen (secondary N) is 1. The molecule has 1 saturated heterocycles. The van der Waals surface area contributed by atoms with Gasteiger partial charge in [-0.3, -0.25) is 4.79 Å². The van der Waals surface area contributed by atoms with Gasteiger partial charge in [-0.1, -0.05) is 11.6 Å². The molecule has 7 nitrogen and oxygen atoms in total. The van der Waals surface area contributed by atoms with Gasteiger partial charge in [0.2, 0.25) is 5.91 Å². The van der Waals surface area contributed by atoms with E-state index in [1.807, 2.05) is 4.90 Å². The quantitative estimate of drug-likeness (QED) is 0.539. The number of pyridine rings is 1. The van der Waals surface area contributed by atoms with Gasteiger partial charge in [-0.25, -0.2) is 9.78 Å². The number of halogens is 3. The zero-order valence-corrected chi connectivity index (χ0v) is 19.0. The predicted octanol–water partition coefficient (Wildman–Crippen LogP) is 3.45. The highest BCUT2D eigenvalue weighted by Gasteiger charge is 2.33. The van der Waals surface area contributed by atoms with E-state index in [4.69, 9.17) is 22.4 Å². The van der Waals surface area contributed by atoms with Gasteiger partial charge in [0.25, 0.3) is 0 Å². The predicted molar refractivity (Wildman–Crippen MR) is 124 cm³/mol. The summed E-state index contributed by atoms with van der Waals surface area (Å²) in [6.07, 6.45) is 8.88. The molecule has 4 N–H and O–H groups in total. The summed E-state index contributed by atoms with van der Waals surface area (Å²) in [4.78, 5) is 29.6. The van der Waals surface area contributed by atoms with Crippen LogP contribution >= 0.6 is 36.4 Å². The molecule has 1 saturated carbocycles. The van der Waals surface area contributed by atoms with Gasteiger partial charge < -0.3 is 21.1 Å². The van der Waals surface area contributed by atoms with Gasteiger partial charge in [-0.15, -0.1) is 24.8 Å². The molecule has 0 bridgehead atoms. The number of carbonyl (C=O) groups is 2. The van der Waals surface area contributed by atoms with Crippen LogP contribution in [-0.4, -0.2) is 52.5 Å². The minimum atomic E-state index is -1.02. The highest BCUT2D eigenvalue weighted by molar-refractivity contribution is 6.33. The average Bonchev–Trinajstić information content (AvgIpc) is 3.16. The van der Waals surface area contributed by atoms with Crippen LogP contribution in [0.25, 0.3) is 6.08 Å². The molecule has 2 fully saturated rings. The molecular formula is C20H29Cl3N4O3. The van der Waals surface area contributed by atoms with E-state index >= 15 is 0 Å². The highest BCUT2D eigenvalue weighted by atomic mass is 35.5. The Morgan fingerprint density at radius 3 is 2.57 bits per heavy atom. The van der Waals surface area contributed by atoms with Crippen molar-refractivity contribution in [1.82, 2.24) is 9.88 Å². The molecule has 1 atom stereocenters. The van der Waals surface area contributed by atoms with Crippen molar-refractivity contribution in [1.29, 1.82) is 0 Å². The monoisotopic (exact) mass is 478 g/mol. The van der Waals surface area contributed by atoms with Crippen LogP contribution in [0.15, 0.2) is 18.3 Å². The van der Waals surface area contributed by atoms with Crippen LogP contribution in [0.3, 0.4) is 0 Å². The van der Waals surface area contributed by atoms with Gasteiger partial charge in [-0.05, 0) is 62.3 Å². The van der Waals surface area contributed by atoms with Crippen LogP contribution in [0, 0.1) is 11.8 Å². The van der Waals surface area contributed by atoms with Crippen molar-refractivity contribution in [2.45, 2.75) is 38.1 Å². The van der Waals surface area contributed by atoms with Crippen molar-refractivity contribution in [3.8, 4) is 0 Å². The topological polar surface area (TPSA) is 109 Å². The molecule has 10 heteroatoms. The maximum absolute atomic E-state index is 12.8. The molecule has 168 valence electrons. The molecule has 30 heavy (non-hydrogen) atoms. The summed E-state index contributed by atoms with van der Waals surface area (Å²) >= 11 is 6.27. The van der Waals surface area contributed by atoms with Crippen molar-refractivity contribution in [3.05, 3.63) is 28.9 Å². The number of rotatable bonds is 6. The number of nitrogens with zero attached hydrogens (tertiary/aromatic N) is 2. The Bertz CT molecular complexity index is 755. The Morgan fingerprint density at radius 2 is 1.97 bits per heavy atom. The Morgan fingerprint density at radius 1 is 1.27 bits per heavy atom. The number of aliphatic carboxylic acids is 1. The summed E-state index contributed by atoms with van der Waals surface area (Å²) in [5, 5.41) is 12.4. The van der Waals surface area contributed by atoms with Crippen molar-refractivity contribution < 1.29 is 14.7 Å². The first-order valence-electron chi connectivity index (χ1n) is 9.78. The summed E-state index contributed by atoms with van der Waals surface area (Å²) in [7, 11) is 0. The molecule has 2 heterocycles. The molecule has 1 amide bonds. The van der Waals surface area contributed by atoms with E-state index in [1.165, 1.54) is 6.08 Å². The van der Waals surface area contributed by atoms with Crippen molar-refractivity contribution in [2.24, 2.45) is 17.6 Å². The largest absolute Gasteiger partial charge is 0.478 e. The summed E-state index contributed by atoms with van der Waals surface area (Å²) in [6, 6.07) is 1.78. The number of carboxylic acids is 1. The summed E-state index contributed by atoms with van der Waals surface area (Å²) in [5.41, 5.74) is 6.36. The van der Waals surface area contributed by atoms with E-state index in [0.717, 1.165) is 51.3 Å². The second-order valence-corrected chi connectivity index (χ2v) is 8.05. The third kappa shape index (κ3) is 7.01. The maximum atomic E-state index is 12.8. The van der Waals surface area contributed by atoms with Crippen LogP contribution in [0.1, 0.15) is 37.7 Å². The standard InChI is InChI=1S/C20H27ClN4O3.2ClH/c21-17-9-14(3-6-18(26)27)11-23-19(17)24-16-7-8-25(12-16)20(28)15-4-1-13(10-22)2-5-15;;/h3,6,9,11,13,15-16H,1-2,4-5,7-8,10,12,22H2,(H,23,24)(H,26,27);2*1H/t13?,15?,16-;;/m1../s1. The minimum absolute atomic E-state index is 0. The number of anilines is 1. The molecule has 3 rings (SSSR count). The van der Waals surface area contributed by atoms with Gasteiger partial charge in [0.05, 0.1) is 5.02 Å². The van der Waals surface area contributed by atoms with E-state index < -0.39 is 5.97 Å². The Hall–Kier alpha value is -1.54. The number of carbonyl (C=O) groups excluding carboxylic acids is 1. The number of nitrogens with two attached hydrogens (primary N) is 1. The minimum Gasteiger partial charge on any atom is -0.478 e. The van der Waals surface area contributed by atoms with E-state index in [9.17, 15) is 9.59 Å². The molecule has 0 unspecified atom stereocenters. The molecule has 1 aliphatic carbocycles. The van der Waals surface area contributed by atoms with Gasteiger partial charge in [0.1, 0.15) is 5.82 Å². The second-order valence-electron chi connectivity index (χ2n) is 7.64. The fourth-order valence-electron chi connectivity index (χ4n) is 3.99. The first-order chi connectivity index (χ1) is 13.5.